The zero-order valence-electron chi connectivity index (χ0n) is 12.4. The minimum atomic E-state index is -0.980. The van der Waals surface area contributed by atoms with E-state index in [2.05, 4.69) is 13.8 Å². The highest BCUT2D eigenvalue weighted by Crippen LogP contribution is 2.44. The maximum absolute atomic E-state index is 12.9. The van der Waals surface area contributed by atoms with Gasteiger partial charge in [-0.15, -0.1) is 0 Å². The monoisotopic (exact) mass is 283 g/mol. The van der Waals surface area contributed by atoms with Crippen molar-refractivity contribution in [1.82, 2.24) is 4.90 Å². The molecule has 0 radical (unpaired) electrons. The SMILES string of the molecule is CC(C)CC1(C(=O)N2CCOC(C(=O)O)C2)CCCC1. The van der Waals surface area contributed by atoms with Crippen LogP contribution in [-0.2, 0) is 14.3 Å². The van der Waals surface area contributed by atoms with Gasteiger partial charge in [0.25, 0.3) is 0 Å². The Bertz CT molecular complexity index is 374. The van der Waals surface area contributed by atoms with E-state index < -0.39 is 12.1 Å². The zero-order valence-corrected chi connectivity index (χ0v) is 12.4. The fourth-order valence-electron chi connectivity index (χ4n) is 3.66. The molecule has 20 heavy (non-hydrogen) atoms. The number of carboxylic acids is 1. The van der Waals surface area contributed by atoms with E-state index in [4.69, 9.17) is 9.84 Å². The van der Waals surface area contributed by atoms with Gasteiger partial charge in [0.2, 0.25) is 5.91 Å². The highest BCUT2D eigenvalue weighted by atomic mass is 16.5. The van der Waals surface area contributed by atoms with E-state index >= 15 is 0 Å². The fraction of sp³-hybridized carbons (Fsp3) is 0.867. The first-order chi connectivity index (χ1) is 9.44. The molecule has 114 valence electrons. The van der Waals surface area contributed by atoms with Crippen LogP contribution in [0.4, 0.5) is 0 Å². The van der Waals surface area contributed by atoms with Crippen LogP contribution in [0, 0.1) is 11.3 Å². The Balaban J connectivity index is 2.09. The van der Waals surface area contributed by atoms with Crippen molar-refractivity contribution in [2.75, 3.05) is 19.7 Å². The fourth-order valence-corrected chi connectivity index (χ4v) is 3.66. The number of carboxylic acid groups (broad SMARTS) is 1. The van der Waals surface area contributed by atoms with Crippen LogP contribution in [-0.4, -0.2) is 47.7 Å². The molecule has 2 fully saturated rings. The third kappa shape index (κ3) is 3.14. The summed E-state index contributed by atoms with van der Waals surface area (Å²) in [5.74, 6) is -0.349. The lowest BCUT2D eigenvalue weighted by atomic mass is 9.77. The molecular weight excluding hydrogens is 258 g/mol. The lowest BCUT2D eigenvalue weighted by molar-refractivity contribution is -0.163. The third-order valence-corrected chi connectivity index (χ3v) is 4.44. The molecule has 0 aromatic heterocycles. The van der Waals surface area contributed by atoms with E-state index in [1.165, 1.54) is 0 Å². The molecule has 1 unspecified atom stereocenters. The number of carbonyl (C=O) groups is 2. The van der Waals surface area contributed by atoms with Gasteiger partial charge in [0, 0.05) is 12.0 Å². The molecule has 0 spiro atoms. The first-order valence-electron chi connectivity index (χ1n) is 7.58. The van der Waals surface area contributed by atoms with Crippen molar-refractivity contribution >= 4 is 11.9 Å². The lowest BCUT2D eigenvalue weighted by Gasteiger charge is -2.38. The molecule has 1 saturated carbocycles. The van der Waals surface area contributed by atoms with E-state index in [0.717, 1.165) is 32.1 Å². The average Bonchev–Trinajstić information content (AvgIpc) is 2.86. The minimum absolute atomic E-state index is 0.151. The summed E-state index contributed by atoms with van der Waals surface area (Å²) in [4.78, 5) is 25.7. The second kappa shape index (κ2) is 6.12. The van der Waals surface area contributed by atoms with Crippen LogP contribution in [0.3, 0.4) is 0 Å². The van der Waals surface area contributed by atoms with Crippen LogP contribution < -0.4 is 0 Å². The summed E-state index contributed by atoms with van der Waals surface area (Å²) >= 11 is 0. The summed E-state index contributed by atoms with van der Waals surface area (Å²) in [6.07, 6.45) is 4.13. The van der Waals surface area contributed by atoms with Gasteiger partial charge in [-0.3, -0.25) is 4.79 Å². The van der Waals surface area contributed by atoms with Crippen LogP contribution >= 0.6 is 0 Å². The quantitative estimate of drug-likeness (QED) is 0.855. The Hall–Kier alpha value is -1.10. The highest BCUT2D eigenvalue weighted by Gasteiger charge is 2.45. The molecule has 0 aromatic carbocycles. The number of hydrogen-bond donors (Lipinski definition) is 1. The van der Waals surface area contributed by atoms with Gasteiger partial charge in [0.15, 0.2) is 6.10 Å². The van der Waals surface area contributed by atoms with Crippen molar-refractivity contribution < 1.29 is 19.4 Å². The summed E-state index contributed by atoms with van der Waals surface area (Å²) in [7, 11) is 0. The molecule has 0 bridgehead atoms. The van der Waals surface area contributed by atoms with Gasteiger partial charge in [0.1, 0.15) is 0 Å². The van der Waals surface area contributed by atoms with E-state index in [0.29, 0.717) is 19.1 Å². The maximum atomic E-state index is 12.9. The normalized spacial score (nSPS) is 25.9. The number of rotatable bonds is 4. The van der Waals surface area contributed by atoms with E-state index in [9.17, 15) is 9.59 Å². The number of morpholine rings is 1. The van der Waals surface area contributed by atoms with Gasteiger partial charge in [-0.1, -0.05) is 26.7 Å². The Labute approximate surface area is 120 Å². The first kappa shape index (κ1) is 15.3. The predicted octanol–water partition coefficient (Wildman–Crippen LogP) is 1.90. The Morgan fingerprint density at radius 2 is 2.00 bits per heavy atom. The van der Waals surface area contributed by atoms with Gasteiger partial charge >= 0.3 is 5.97 Å². The number of hydrogen-bond acceptors (Lipinski definition) is 3. The van der Waals surface area contributed by atoms with Crippen LogP contribution in [0.15, 0.2) is 0 Å². The van der Waals surface area contributed by atoms with Gasteiger partial charge in [-0.2, -0.15) is 0 Å². The zero-order chi connectivity index (χ0) is 14.8. The van der Waals surface area contributed by atoms with Gasteiger partial charge in [0.05, 0.1) is 13.2 Å². The first-order valence-corrected chi connectivity index (χ1v) is 7.58. The molecule has 2 aliphatic rings. The second-order valence-electron chi connectivity index (χ2n) is 6.53. The molecule has 1 aliphatic carbocycles. The van der Waals surface area contributed by atoms with E-state index in [1.54, 1.807) is 4.90 Å². The number of ether oxygens (including phenoxy) is 1. The van der Waals surface area contributed by atoms with Gasteiger partial charge in [-0.05, 0) is 25.2 Å². The third-order valence-electron chi connectivity index (χ3n) is 4.44. The number of amides is 1. The molecule has 1 atom stereocenters. The summed E-state index contributed by atoms with van der Waals surface area (Å²) in [5, 5.41) is 9.05. The summed E-state index contributed by atoms with van der Waals surface area (Å²) in [5.41, 5.74) is -0.255. The number of nitrogens with zero attached hydrogens (tertiary/aromatic N) is 1. The minimum Gasteiger partial charge on any atom is -0.479 e. The molecule has 1 heterocycles. The van der Waals surface area contributed by atoms with Crippen LogP contribution in [0.5, 0.6) is 0 Å². The summed E-state index contributed by atoms with van der Waals surface area (Å²) < 4.78 is 5.20. The van der Waals surface area contributed by atoms with Crippen molar-refractivity contribution in [3.05, 3.63) is 0 Å². The average molecular weight is 283 g/mol. The summed E-state index contributed by atoms with van der Waals surface area (Å²) in [6.45, 7) is 5.32. The smallest absolute Gasteiger partial charge is 0.334 e. The Kier molecular flexibility index (Phi) is 4.68. The summed E-state index contributed by atoms with van der Waals surface area (Å²) in [6, 6.07) is 0. The van der Waals surface area contributed by atoms with Crippen molar-refractivity contribution in [3.8, 4) is 0 Å². The predicted molar refractivity (Wildman–Crippen MR) is 74.3 cm³/mol. The molecule has 0 aromatic rings. The topological polar surface area (TPSA) is 66.8 Å². The standard InChI is InChI=1S/C15H25NO4/c1-11(2)9-15(5-3-4-6-15)14(19)16-7-8-20-12(10-16)13(17)18/h11-12H,3-10H2,1-2H3,(H,17,18). The molecule has 2 rings (SSSR count). The molecule has 1 N–H and O–H groups in total. The van der Waals surface area contributed by atoms with Crippen molar-refractivity contribution in [2.24, 2.45) is 11.3 Å². The van der Waals surface area contributed by atoms with Crippen molar-refractivity contribution in [3.63, 3.8) is 0 Å². The number of carbonyl (C=O) groups excluding carboxylic acids is 1. The molecule has 5 nitrogen and oxygen atoms in total. The Morgan fingerprint density at radius 1 is 1.35 bits per heavy atom. The van der Waals surface area contributed by atoms with Crippen LogP contribution in [0.25, 0.3) is 0 Å². The molecular formula is C15H25NO4. The largest absolute Gasteiger partial charge is 0.479 e. The second-order valence-corrected chi connectivity index (χ2v) is 6.53. The lowest BCUT2D eigenvalue weighted by Crippen LogP contribution is -2.53. The van der Waals surface area contributed by atoms with Crippen molar-refractivity contribution in [2.45, 2.75) is 52.1 Å². The number of aliphatic carboxylic acids is 1. The molecule has 5 heteroatoms. The van der Waals surface area contributed by atoms with Crippen LogP contribution in [0.2, 0.25) is 0 Å². The Morgan fingerprint density at radius 3 is 2.55 bits per heavy atom. The van der Waals surface area contributed by atoms with E-state index in [1.807, 2.05) is 0 Å². The highest BCUT2D eigenvalue weighted by molar-refractivity contribution is 5.84. The van der Waals surface area contributed by atoms with E-state index in [-0.39, 0.29) is 17.9 Å². The molecule has 1 saturated heterocycles. The molecule has 1 amide bonds. The van der Waals surface area contributed by atoms with Gasteiger partial charge in [-0.25, -0.2) is 4.79 Å². The van der Waals surface area contributed by atoms with Crippen LogP contribution in [0.1, 0.15) is 46.0 Å². The van der Waals surface area contributed by atoms with Crippen molar-refractivity contribution in [1.29, 1.82) is 0 Å². The van der Waals surface area contributed by atoms with Gasteiger partial charge < -0.3 is 14.7 Å². The maximum Gasteiger partial charge on any atom is 0.334 e. The molecule has 1 aliphatic heterocycles.